The number of nitrogens with one attached hydrogen (secondary N) is 1. The number of nitrogens with two attached hydrogens (primary N) is 1. The number of amides is 1. The van der Waals surface area contributed by atoms with Crippen LogP contribution < -0.4 is 11.1 Å². The third kappa shape index (κ3) is 4.11. The van der Waals surface area contributed by atoms with Gasteiger partial charge in [-0.05, 0) is 24.0 Å². The van der Waals surface area contributed by atoms with Crippen LogP contribution in [0.25, 0.3) is 0 Å². The Kier molecular flexibility index (Phi) is 5.78. The second-order valence-corrected chi connectivity index (χ2v) is 4.72. The summed E-state index contributed by atoms with van der Waals surface area (Å²) in [5, 5.41) is 2.86. The predicted molar refractivity (Wildman–Crippen MR) is 78.2 cm³/mol. The van der Waals surface area contributed by atoms with Crippen molar-refractivity contribution in [2.24, 2.45) is 11.7 Å². The molecule has 0 spiro atoms. The highest BCUT2D eigenvalue weighted by atomic mass is 32.1. The Bertz CT molecular complexity index is 414. The molecule has 0 radical (unpaired) electrons. The van der Waals surface area contributed by atoms with Crippen LogP contribution in [0.1, 0.15) is 31.4 Å². The molecule has 0 saturated heterocycles. The summed E-state index contributed by atoms with van der Waals surface area (Å²) < 4.78 is 0. The molecule has 1 aromatic rings. The summed E-state index contributed by atoms with van der Waals surface area (Å²) in [5.74, 6) is -0.459. The number of benzene rings is 1. The second-order valence-electron chi connectivity index (χ2n) is 4.25. The van der Waals surface area contributed by atoms with Crippen molar-refractivity contribution in [3.63, 3.8) is 0 Å². The number of carbonyl (C=O) groups is 1. The molecule has 1 atom stereocenters. The molecule has 1 amide bonds. The standard InChI is InChI=1S/C14H20N2OS/c1-3-10-5-7-11(8-6-10)9-16-14(17)12(4-2)13(15)18/h5-8,12H,3-4,9H2,1-2H3,(H2,15,18)(H,16,17). The van der Waals surface area contributed by atoms with E-state index < -0.39 is 0 Å². The molecular weight excluding hydrogens is 244 g/mol. The Morgan fingerprint density at radius 2 is 1.83 bits per heavy atom. The fourth-order valence-electron chi connectivity index (χ4n) is 1.72. The molecule has 4 heteroatoms. The van der Waals surface area contributed by atoms with Gasteiger partial charge in [-0.3, -0.25) is 4.79 Å². The van der Waals surface area contributed by atoms with E-state index in [0.29, 0.717) is 13.0 Å². The summed E-state index contributed by atoms with van der Waals surface area (Å²) in [6, 6.07) is 8.21. The average molecular weight is 264 g/mol. The largest absolute Gasteiger partial charge is 0.393 e. The van der Waals surface area contributed by atoms with E-state index in [0.717, 1.165) is 12.0 Å². The molecule has 3 N–H and O–H groups in total. The van der Waals surface area contributed by atoms with Gasteiger partial charge in [0.25, 0.3) is 0 Å². The highest BCUT2D eigenvalue weighted by Crippen LogP contribution is 2.07. The Morgan fingerprint density at radius 1 is 1.28 bits per heavy atom. The maximum atomic E-state index is 11.8. The number of carbonyl (C=O) groups excluding carboxylic acids is 1. The summed E-state index contributed by atoms with van der Waals surface area (Å²) in [4.78, 5) is 12.1. The zero-order chi connectivity index (χ0) is 13.5. The van der Waals surface area contributed by atoms with E-state index in [-0.39, 0.29) is 16.8 Å². The summed E-state index contributed by atoms with van der Waals surface area (Å²) in [6.45, 7) is 4.53. The SMILES string of the molecule is CCc1ccc(CNC(=O)C(CC)C(N)=S)cc1. The van der Waals surface area contributed by atoms with Crippen molar-refractivity contribution < 1.29 is 4.79 Å². The molecule has 98 valence electrons. The van der Waals surface area contributed by atoms with Crippen molar-refractivity contribution in [1.82, 2.24) is 5.32 Å². The van der Waals surface area contributed by atoms with E-state index in [2.05, 4.69) is 24.4 Å². The Balaban J connectivity index is 2.53. The molecular formula is C14H20N2OS. The zero-order valence-corrected chi connectivity index (χ0v) is 11.7. The third-order valence-electron chi connectivity index (χ3n) is 2.97. The van der Waals surface area contributed by atoms with Gasteiger partial charge < -0.3 is 11.1 Å². The Labute approximate surface area is 114 Å². The maximum absolute atomic E-state index is 11.8. The van der Waals surface area contributed by atoms with Crippen LogP contribution in [0.3, 0.4) is 0 Å². The first-order chi connectivity index (χ1) is 8.58. The lowest BCUT2D eigenvalue weighted by Crippen LogP contribution is -2.37. The van der Waals surface area contributed by atoms with Crippen LogP contribution in [-0.4, -0.2) is 10.9 Å². The van der Waals surface area contributed by atoms with Gasteiger partial charge in [-0.25, -0.2) is 0 Å². The van der Waals surface area contributed by atoms with Crippen LogP contribution in [0.5, 0.6) is 0 Å². The number of thiocarbonyl (C=S) groups is 1. The summed E-state index contributed by atoms with van der Waals surface area (Å²) in [5.41, 5.74) is 7.90. The highest BCUT2D eigenvalue weighted by Gasteiger charge is 2.18. The van der Waals surface area contributed by atoms with Gasteiger partial charge in [0.2, 0.25) is 5.91 Å². The highest BCUT2D eigenvalue weighted by molar-refractivity contribution is 7.80. The van der Waals surface area contributed by atoms with E-state index in [1.807, 2.05) is 19.1 Å². The van der Waals surface area contributed by atoms with Crippen LogP contribution in [0, 0.1) is 5.92 Å². The first-order valence-electron chi connectivity index (χ1n) is 6.23. The normalized spacial score (nSPS) is 11.9. The number of rotatable bonds is 6. The molecule has 1 rings (SSSR count). The summed E-state index contributed by atoms with van der Waals surface area (Å²) in [6.07, 6.45) is 1.65. The third-order valence-corrected chi connectivity index (χ3v) is 3.25. The predicted octanol–water partition coefficient (Wildman–Crippen LogP) is 2.18. The molecule has 1 unspecified atom stereocenters. The van der Waals surface area contributed by atoms with Crippen molar-refractivity contribution >= 4 is 23.1 Å². The van der Waals surface area contributed by atoms with Gasteiger partial charge in [0.05, 0.1) is 10.9 Å². The van der Waals surface area contributed by atoms with Gasteiger partial charge in [0, 0.05) is 6.54 Å². The van der Waals surface area contributed by atoms with Gasteiger partial charge in [0.15, 0.2) is 0 Å². The Hall–Kier alpha value is -1.42. The molecule has 3 nitrogen and oxygen atoms in total. The molecule has 18 heavy (non-hydrogen) atoms. The van der Waals surface area contributed by atoms with E-state index in [4.69, 9.17) is 18.0 Å². The molecule has 1 aromatic carbocycles. The van der Waals surface area contributed by atoms with Crippen molar-refractivity contribution in [3.05, 3.63) is 35.4 Å². The molecule has 0 fully saturated rings. The summed E-state index contributed by atoms with van der Waals surface area (Å²) in [7, 11) is 0. The van der Waals surface area contributed by atoms with Gasteiger partial charge in [-0.2, -0.15) is 0 Å². The number of hydrogen-bond donors (Lipinski definition) is 2. The molecule has 0 aliphatic heterocycles. The lowest BCUT2D eigenvalue weighted by molar-refractivity contribution is -0.123. The maximum Gasteiger partial charge on any atom is 0.230 e. The lowest BCUT2D eigenvalue weighted by atomic mass is 10.1. The first-order valence-corrected chi connectivity index (χ1v) is 6.64. The first kappa shape index (κ1) is 14.6. The molecule has 0 aliphatic rings. The smallest absolute Gasteiger partial charge is 0.230 e. The van der Waals surface area contributed by atoms with Crippen molar-refractivity contribution in [3.8, 4) is 0 Å². The minimum absolute atomic E-state index is 0.0930. The van der Waals surface area contributed by atoms with Crippen LogP contribution >= 0.6 is 12.2 Å². The number of hydrogen-bond acceptors (Lipinski definition) is 2. The lowest BCUT2D eigenvalue weighted by Gasteiger charge is -2.13. The van der Waals surface area contributed by atoms with E-state index in [1.165, 1.54) is 5.56 Å². The van der Waals surface area contributed by atoms with Crippen LogP contribution in [-0.2, 0) is 17.8 Å². The molecule has 0 bridgehead atoms. The van der Waals surface area contributed by atoms with Crippen LogP contribution in [0.4, 0.5) is 0 Å². The van der Waals surface area contributed by atoms with Gasteiger partial charge >= 0.3 is 0 Å². The van der Waals surface area contributed by atoms with Gasteiger partial charge in [0.1, 0.15) is 0 Å². The van der Waals surface area contributed by atoms with Gasteiger partial charge in [-0.15, -0.1) is 0 Å². The van der Waals surface area contributed by atoms with Gasteiger partial charge in [-0.1, -0.05) is 50.3 Å². The van der Waals surface area contributed by atoms with Crippen LogP contribution in [0.15, 0.2) is 24.3 Å². The fraction of sp³-hybridized carbons (Fsp3) is 0.429. The molecule has 0 saturated carbocycles. The summed E-state index contributed by atoms with van der Waals surface area (Å²) >= 11 is 4.87. The van der Waals surface area contributed by atoms with E-state index in [9.17, 15) is 4.79 Å². The van der Waals surface area contributed by atoms with Crippen LogP contribution in [0.2, 0.25) is 0 Å². The Morgan fingerprint density at radius 3 is 2.28 bits per heavy atom. The molecule has 0 aliphatic carbocycles. The topological polar surface area (TPSA) is 55.1 Å². The van der Waals surface area contributed by atoms with E-state index >= 15 is 0 Å². The second kappa shape index (κ2) is 7.11. The number of aryl methyl sites for hydroxylation is 1. The zero-order valence-electron chi connectivity index (χ0n) is 10.9. The van der Waals surface area contributed by atoms with Crippen molar-refractivity contribution in [1.29, 1.82) is 0 Å². The van der Waals surface area contributed by atoms with E-state index in [1.54, 1.807) is 0 Å². The monoisotopic (exact) mass is 264 g/mol. The molecule has 0 aromatic heterocycles. The average Bonchev–Trinajstić information content (AvgIpc) is 2.37. The fourth-order valence-corrected chi connectivity index (χ4v) is 1.99. The van der Waals surface area contributed by atoms with Crippen molar-refractivity contribution in [2.45, 2.75) is 33.2 Å². The minimum Gasteiger partial charge on any atom is -0.393 e. The van der Waals surface area contributed by atoms with Crippen molar-refractivity contribution in [2.75, 3.05) is 0 Å². The molecule has 0 heterocycles. The minimum atomic E-state index is -0.366. The quantitative estimate of drug-likeness (QED) is 0.774.